The molecule has 1 aromatic carbocycles. The highest BCUT2D eigenvalue weighted by molar-refractivity contribution is 6.30. The summed E-state index contributed by atoms with van der Waals surface area (Å²) in [5, 5.41) is 4.05. The monoisotopic (exact) mass is 257 g/mol. The lowest BCUT2D eigenvalue weighted by molar-refractivity contribution is -0.137. The summed E-state index contributed by atoms with van der Waals surface area (Å²) in [4.78, 5) is 0. The van der Waals surface area contributed by atoms with Gasteiger partial charge in [-0.15, -0.1) is 0 Å². The molecule has 0 amide bonds. The molecule has 3 nitrogen and oxygen atoms in total. The zero-order valence-electron chi connectivity index (χ0n) is 10.4. The maximum absolute atomic E-state index is 5.81. The average molecular weight is 258 g/mol. The van der Waals surface area contributed by atoms with Gasteiger partial charge in [0.05, 0.1) is 0 Å². The van der Waals surface area contributed by atoms with E-state index in [0.717, 1.165) is 23.7 Å². The molecule has 0 bridgehead atoms. The van der Waals surface area contributed by atoms with Crippen molar-refractivity contribution in [2.45, 2.75) is 26.6 Å². The summed E-state index contributed by atoms with van der Waals surface area (Å²) in [5.74, 6) is 0. The van der Waals surface area contributed by atoms with Gasteiger partial charge in [-0.1, -0.05) is 11.6 Å². The summed E-state index contributed by atoms with van der Waals surface area (Å²) in [6.07, 6.45) is 0.703. The van der Waals surface area contributed by atoms with E-state index in [1.807, 2.05) is 38.1 Å². The van der Waals surface area contributed by atoms with Crippen molar-refractivity contribution in [2.75, 3.05) is 25.1 Å². The highest BCUT2D eigenvalue weighted by Gasteiger charge is 2.06. The quantitative estimate of drug-likeness (QED) is 0.723. The van der Waals surface area contributed by atoms with E-state index in [1.54, 1.807) is 0 Å². The third-order valence-electron chi connectivity index (χ3n) is 2.26. The number of nitrogens with one attached hydrogen (secondary N) is 1. The van der Waals surface area contributed by atoms with Gasteiger partial charge < -0.3 is 14.8 Å². The van der Waals surface area contributed by atoms with Gasteiger partial charge in [-0.25, -0.2) is 0 Å². The van der Waals surface area contributed by atoms with Crippen LogP contribution in [-0.4, -0.2) is 26.0 Å². The van der Waals surface area contributed by atoms with Gasteiger partial charge in [-0.2, -0.15) is 0 Å². The van der Waals surface area contributed by atoms with Crippen molar-refractivity contribution in [2.24, 2.45) is 0 Å². The highest BCUT2D eigenvalue weighted by atomic mass is 35.5. The molecule has 0 fully saturated rings. The van der Waals surface area contributed by atoms with E-state index >= 15 is 0 Å². The first-order valence-corrected chi connectivity index (χ1v) is 6.36. The van der Waals surface area contributed by atoms with Crippen LogP contribution in [0.15, 0.2) is 24.3 Å². The van der Waals surface area contributed by atoms with Crippen LogP contribution >= 0.6 is 11.6 Å². The largest absolute Gasteiger partial charge is 0.385 e. The second-order valence-corrected chi connectivity index (χ2v) is 4.00. The molecule has 17 heavy (non-hydrogen) atoms. The van der Waals surface area contributed by atoms with Crippen LogP contribution in [0.25, 0.3) is 0 Å². The predicted molar refractivity (Wildman–Crippen MR) is 71.6 cm³/mol. The molecule has 1 rings (SSSR count). The van der Waals surface area contributed by atoms with E-state index in [1.165, 1.54) is 0 Å². The number of hydrogen-bond donors (Lipinski definition) is 1. The van der Waals surface area contributed by atoms with Gasteiger partial charge in [-0.3, -0.25) is 0 Å². The molecule has 0 aromatic heterocycles. The lowest BCUT2D eigenvalue weighted by atomic mass is 10.3. The van der Waals surface area contributed by atoms with E-state index in [0.29, 0.717) is 13.2 Å². The number of anilines is 1. The van der Waals surface area contributed by atoms with Crippen LogP contribution < -0.4 is 5.32 Å². The molecule has 0 radical (unpaired) electrons. The van der Waals surface area contributed by atoms with Crippen molar-refractivity contribution in [1.29, 1.82) is 0 Å². The lowest BCUT2D eigenvalue weighted by Crippen LogP contribution is -2.21. The number of halogens is 1. The normalized spacial score (nSPS) is 10.8. The molecule has 0 saturated carbocycles. The van der Waals surface area contributed by atoms with Crippen LogP contribution in [0, 0.1) is 0 Å². The SMILES string of the molecule is CCOC(CCNc1ccc(Cl)cc1)OCC. The van der Waals surface area contributed by atoms with Crippen molar-refractivity contribution in [3.05, 3.63) is 29.3 Å². The first-order valence-electron chi connectivity index (χ1n) is 5.99. The molecule has 0 saturated heterocycles. The van der Waals surface area contributed by atoms with Crippen molar-refractivity contribution >= 4 is 17.3 Å². The van der Waals surface area contributed by atoms with Gasteiger partial charge >= 0.3 is 0 Å². The number of hydrogen-bond acceptors (Lipinski definition) is 3. The fourth-order valence-corrected chi connectivity index (χ4v) is 1.61. The Morgan fingerprint density at radius 2 is 1.71 bits per heavy atom. The molecule has 0 aliphatic carbocycles. The van der Waals surface area contributed by atoms with Crippen LogP contribution in [0.2, 0.25) is 5.02 Å². The number of ether oxygens (including phenoxy) is 2. The Hall–Kier alpha value is -0.770. The molecule has 4 heteroatoms. The van der Waals surface area contributed by atoms with Gasteiger partial charge in [0.2, 0.25) is 0 Å². The Kier molecular flexibility index (Phi) is 7.01. The van der Waals surface area contributed by atoms with Crippen LogP contribution in [0.3, 0.4) is 0 Å². The topological polar surface area (TPSA) is 30.5 Å². The molecule has 96 valence electrons. The standard InChI is InChI=1S/C13H20ClNO2/c1-3-16-13(17-4-2)9-10-15-12-7-5-11(14)6-8-12/h5-8,13,15H,3-4,9-10H2,1-2H3. The van der Waals surface area contributed by atoms with Crippen LogP contribution in [0.4, 0.5) is 5.69 Å². The predicted octanol–water partition coefficient (Wildman–Crippen LogP) is 3.54. The maximum atomic E-state index is 5.81. The molecule has 0 spiro atoms. The van der Waals surface area contributed by atoms with Crippen LogP contribution in [0.5, 0.6) is 0 Å². The molecular weight excluding hydrogens is 238 g/mol. The van der Waals surface area contributed by atoms with Gasteiger partial charge in [0.25, 0.3) is 0 Å². The molecule has 1 N–H and O–H groups in total. The summed E-state index contributed by atoms with van der Waals surface area (Å²) in [7, 11) is 0. The fourth-order valence-electron chi connectivity index (χ4n) is 1.49. The van der Waals surface area contributed by atoms with Crippen LogP contribution in [-0.2, 0) is 9.47 Å². The number of benzene rings is 1. The van der Waals surface area contributed by atoms with E-state index in [-0.39, 0.29) is 6.29 Å². The average Bonchev–Trinajstić information content (AvgIpc) is 2.32. The molecule has 0 aliphatic heterocycles. The van der Waals surface area contributed by atoms with Crippen molar-refractivity contribution in [3.8, 4) is 0 Å². The van der Waals surface area contributed by atoms with Gasteiger partial charge in [0.15, 0.2) is 6.29 Å². The fraction of sp³-hybridized carbons (Fsp3) is 0.538. The number of rotatable bonds is 8. The maximum Gasteiger partial charge on any atom is 0.159 e. The summed E-state index contributed by atoms with van der Waals surface area (Å²) in [6, 6.07) is 7.65. The second-order valence-electron chi connectivity index (χ2n) is 3.56. The molecular formula is C13H20ClNO2. The van der Waals surface area contributed by atoms with Gasteiger partial charge in [0, 0.05) is 36.9 Å². The molecule has 0 atom stereocenters. The summed E-state index contributed by atoms with van der Waals surface area (Å²) < 4.78 is 10.9. The lowest BCUT2D eigenvalue weighted by Gasteiger charge is -2.17. The van der Waals surface area contributed by atoms with E-state index in [9.17, 15) is 0 Å². The summed E-state index contributed by atoms with van der Waals surface area (Å²) in [5.41, 5.74) is 1.06. The van der Waals surface area contributed by atoms with E-state index < -0.39 is 0 Å². The van der Waals surface area contributed by atoms with Gasteiger partial charge in [-0.05, 0) is 38.1 Å². The Balaban J connectivity index is 2.27. The smallest absolute Gasteiger partial charge is 0.159 e. The third-order valence-corrected chi connectivity index (χ3v) is 2.51. The first-order chi connectivity index (χ1) is 8.26. The highest BCUT2D eigenvalue weighted by Crippen LogP contribution is 2.13. The first kappa shape index (κ1) is 14.3. The minimum absolute atomic E-state index is 0.121. The molecule has 1 aromatic rings. The molecule has 0 heterocycles. The second kappa shape index (κ2) is 8.34. The van der Waals surface area contributed by atoms with Gasteiger partial charge in [0.1, 0.15) is 0 Å². The minimum atomic E-state index is -0.121. The van der Waals surface area contributed by atoms with Crippen molar-refractivity contribution < 1.29 is 9.47 Å². The van der Waals surface area contributed by atoms with E-state index in [2.05, 4.69) is 5.32 Å². The van der Waals surface area contributed by atoms with Crippen molar-refractivity contribution in [3.63, 3.8) is 0 Å². The zero-order valence-corrected chi connectivity index (χ0v) is 11.2. The third kappa shape index (κ3) is 5.91. The Labute approximate surface area is 108 Å². The Morgan fingerprint density at radius 1 is 1.12 bits per heavy atom. The van der Waals surface area contributed by atoms with E-state index in [4.69, 9.17) is 21.1 Å². The van der Waals surface area contributed by atoms with Crippen molar-refractivity contribution in [1.82, 2.24) is 0 Å². The van der Waals surface area contributed by atoms with Crippen LogP contribution in [0.1, 0.15) is 20.3 Å². The summed E-state index contributed by atoms with van der Waals surface area (Å²) >= 11 is 5.81. The summed E-state index contributed by atoms with van der Waals surface area (Å²) in [6.45, 7) is 6.10. The minimum Gasteiger partial charge on any atom is -0.385 e. The molecule has 0 unspecified atom stereocenters. The Bertz CT molecular complexity index is 297. The Morgan fingerprint density at radius 3 is 2.24 bits per heavy atom. The zero-order chi connectivity index (χ0) is 12.5. The molecule has 0 aliphatic rings.